The maximum absolute atomic E-state index is 9.65. The van der Waals surface area contributed by atoms with Crippen LogP contribution < -0.4 is 0 Å². The first-order valence-corrected chi connectivity index (χ1v) is 6.64. The van der Waals surface area contributed by atoms with Crippen LogP contribution in [0, 0.1) is 0 Å². The molecule has 0 aliphatic heterocycles. The predicted octanol–water partition coefficient (Wildman–Crippen LogP) is 3.84. The zero-order valence-corrected chi connectivity index (χ0v) is 10.5. The lowest BCUT2D eigenvalue weighted by Gasteiger charge is -2.01. The molecule has 0 aliphatic rings. The monoisotopic (exact) mass is 282 g/mol. The van der Waals surface area contributed by atoms with Crippen LogP contribution in [0.2, 0.25) is 0 Å². The van der Waals surface area contributed by atoms with Gasteiger partial charge < -0.3 is 5.11 Å². The molecule has 0 fully saturated rings. The number of halogens is 1. The summed E-state index contributed by atoms with van der Waals surface area (Å²) in [6.07, 6.45) is -0.396. The van der Waals surface area contributed by atoms with Gasteiger partial charge in [-0.2, -0.15) is 0 Å². The molecule has 1 nitrogen and oxygen atoms in total. The molecular weight excluding hydrogens is 272 g/mol. The smallest absolute Gasteiger partial charge is 0.0978 e. The Bertz CT molecular complexity index is 424. The Kier molecular flexibility index (Phi) is 3.57. The van der Waals surface area contributed by atoms with Crippen LogP contribution in [0.1, 0.15) is 11.0 Å². The van der Waals surface area contributed by atoms with E-state index < -0.39 is 6.10 Å². The number of aliphatic hydroxyl groups excluding tert-OH is 1. The summed E-state index contributed by atoms with van der Waals surface area (Å²) >= 11 is 4.91. The van der Waals surface area contributed by atoms with Gasteiger partial charge in [-0.15, -0.1) is 11.3 Å². The topological polar surface area (TPSA) is 20.2 Å². The van der Waals surface area contributed by atoms with Crippen molar-refractivity contribution in [3.63, 3.8) is 0 Å². The van der Waals surface area contributed by atoms with Gasteiger partial charge in [0.15, 0.2) is 0 Å². The van der Waals surface area contributed by atoms with Crippen molar-refractivity contribution in [1.29, 1.82) is 0 Å². The van der Waals surface area contributed by atoms with Crippen molar-refractivity contribution in [2.75, 3.05) is 5.33 Å². The van der Waals surface area contributed by atoms with Gasteiger partial charge in [-0.05, 0) is 17.7 Å². The molecule has 0 bridgehead atoms. The number of hydrogen-bond donors (Lipinski definition) is 1. The highest BCUT2D eigenvalue weighted by Gasteiger charge is 2.09. The van der Waals surface area contributed by atoms with E-state index in [0.29, 0.717) is 5.33 Å². The molecule has 1 unspecified atom stereocenters. The number of rotatable bonds is 3. The Hall–Kier alpha value is -0.640. The average Bonchev–Trinajstić information content (AvgIpc) is 2.78. The fourth-order valence-corrected chi connectivity index (χ4v) is 2.93. The molecule has 2 rings (SSSR count). The van der Waals surface area contributed by atoms with Crippen molar-refractivity contribution in [3.05, 3.63) is 47.3 Å². The number of alkyl halides is 1. The lowest BCUT2D eigenvalue weighted by Crippen LogP contribution is -1.93. The first-order chi connectivity index (χ1) is 7.31. The van der Waals surface area contributed by atoms with Gasteiger partial charge in [0.05, 0.1) is 6.10 Å². The molecule has 0 saturated heterocycles. The molecule has 1 N–H and O–H groups in total. The second-order valence-corrected chi connectivity index (χ2v) is 5.00. The van der Waals surface area contributed by atoms with Crippen molar-refractivity contribution in [1.82, 2.24) is 0 Å². The molecule has 0 saturated carbocycles. The zero-order valence-electron chi connectivity index (χ0n) is 8.06. The first-order valence-electron chi connectivity index (χ1n) is 4.70. The van der Waals surface area contributed by atoms with Gasteiger partial charge in [-0.25, -0.2) is 0 Å². The summed E-state index contributed by atoms with van der Waals surface area (Å²) in [6, 6.07) is 14.3. The molecule has 1 atom stereocenters. The predicted molar refractivity (Wildman–Crippen MR) is 68.5 cm³/mol. The Morgan fingerprint density at radius 3 is 2.53 bits per heavy atom. The highest BCUT2D eigenvalue weighted by molar-refractivity contribution is 9.09. The Balaban J connectivity index is 2.28. The largest absolute Gasteiger partial charge is 0.387 e. The summed E-state index contributed by atoms with van der Waals surface area (Å²) in [5.74, 6) is 0. The van der Waals surface area contributed by atoms with Gasteiger partial charge in [0.2, 0.25) is 0 Å². The minimum atomic E-state index is -0.396. The SMILES string of the molecule is OC(CBr)c1ccc(-c2ccccc2)s1. The van der Waals surface area contributed by atoms with Crippen LogP contribution in [-0.2, 0) is 0 Å². The highest BCUT2D eigenvalue weighted by atomic mass is 79.9. The van der Waals surface area contributed by atoms with Crippen LogP contribution in [0.4, 0.5) is 0 Å². The molecule has 3 heteroatoms. The first kappa shape index (κ1) is 10.9. The summed E-state index contributed by atoms with van der Waals surface area (Å²) in [5, 5.41) is 10.2. The summed E-state index contributed by atoms with van der Waals surface area (Å²) in [6.45, 7) is 0. The van der Waals surface area contributed by atoms with E-state index in [0.717, 1.165) is 4.88 Å². The molecule has 1 aromatic carbocycles. The maximum atomic E-state index is 9.65. The number of benzene rings is 1. The summed E-state index contributed by atoms with van der Waals surface area (Å²) < 4.78 is 0. The lowest BCUT2D eigenvalue weighted by atomic mass is 10.2. The van der Waals surface area contributed by atoms with Gasteiger partial charge in [0.1, 0.15) is 0 Å². The van der Waals surface area contributed by atoms with Crippen LogP contribution in [0.15, 0.2) is 42.5 Å². The van der Waals surface area contributed by atoms with E-state index in [4.69, 9.17) is 0 Å². The van der Waals surface area contributed by atoms with Crippen LogP contribution >= 0.6 is 27.3 Å². The normalized spacial score (nSPS) is 12.7. The summed E-state index contributed by atoms with van der Waals surface area (Å²) in [7, 11) is 0. The average molecular weight is 283 g/mol. The van der Waals surface area contributed by atoms with E-state index in [2.05, 4.69) is 34.1 Å². The molecule has 0 amide bonds. The van der Waals surface area contributed by atoms with E-state index >= 15 is 0 Å². The van der Waals surface area contributed by atoms with Crippen molar-refractivity contribution in [2.24, 2.45) is 0 Å². The summed E-state index contributed by atoms with van der Waals surface area (Å²) in [5.41, 5.74) is 1.20. The van der Waals surface area contributed by atoms with Crippen LogP contribution in [0.3, 0.4) is 0 Å². The molecule has 0 radical (unpaired) electrons. The van der Waals surface area contributed by atoms with E-state index in [-0.39, 0.29) is 0 Å². The van der Waals surface area contributed by atoms with E-state index in [9.17, 15) is 5.11 Å². The third kappa shape index (κ3) is 2.48. The quantitative estimate of drug-likeness (QED) is 0.848. The zero-order chi connectivity index (χ0) is 10.7. The van der Waals surface area contributed by atoms with Gasteiger partial charge in [-0.1, -0.05) is 46.3 Å². The Labute approximate surface area is 102 Å². The maximum Gasteiger partial charge on any atom is 0.0978 e. The van der Waals surface area contributed by atoms with E-state index in [1.165, 1.54) is 10.4 Å². The Morgan fingerprint density at radius 1 is 1.13 bits per heavy atom. The van der Waals surface area contributed by atoms with Gasteiger partial charge in [0, 0.05) is 15.1 Å². The molecule has 0 aliphatic carbocycles. The molecule has 1 aromatic heterocycles. The third-order valence-corrected chi connectivity index (χ3v) is 4.01. The van der Waals surface area contributed by atoms with Crippen molar-refractivity contribution in [3.8, 4) is 10.4 Å². The Morgan fingerprint density at radius 2 is 1.87 bits per heavy atom. The molecular formula is C12H11BrOS. The number of aliphatic hydroxyl groups is 1. The fraction of sp³-hybridized carbons (Fsp3) is 0.167. The van der Waals surface area contributed by atoms with E-state index in [1.807, 2.05) is 24.3 Å². The van der Waals surface area contributed by atoms with Crippen LogP contribution in [0.5, 0.6) is 0 Å². The highest BCUT2D eigenvalue weighted by Crippen LogP contribution is 2.31. The fourth-order valence-electron chi connectivity index (χ4n) is 1.37. The molecule has 2 aromatic rings. The lowest BCUT2D eigenvalue weighted by molar-refractivity contribution is 0.209. The van der Waals surface area contributed by atoms with Crippen molar-refractivity contribution >= 4 is 27.3 Å². The molecule has 15 heavy (non-hydrogen) atoms. The van der Waals surface area contributed by atoms with Gasteiger partial charge in [0.25, 0.3) is 0 Å². The van der Waals surface area contributed by atoms with E-state index in [1.54, 1.807) is 11.3 Å². The molecule has 1 heterocycles. The molecule has 0 spiro atoms. The van der Waals surface area contributed by atoms with Gasteiger partial charge in [-0.3, -0.25) is 0 Å². The third-order valence-electron chi connectivity index (χ3n) is 2.16. The molecule has 78 valence electrons. The minimum Gasteiger partial charge on any atom is -0.387 e. The number of thiophene rings is 1. The van der Waals surface area contributed by atoms with Gasteiger partial charge >= 0.3 is 0 Å². The second-order valence-electron chi connectivity index (χ2n) is 3.24. The number of hydrogen-bond acceptors (Lipinski definition) is 2. The second kappa shape index (κ2) is 4.92. The van der Waals surface area contributed by atoms with Crippen LogP contribution in [0.25, 0.3) is 10.4 Å². The van der Waals surface area contributed by atoms with Crippen molar-refractivity contribution in [2.45, 2.75) is 6.10 Å². The van der Waals surface area contributed by atoms with Crippen LogP contribution in [-0.4, -0.2) is 10.4 Å². The minimum absolute atomic E-state index is 0.396. The van der Waals surface area contributed by atoms with Crippen molar-refractivity contribution < 1.29 is 5.11 Å². The summed E-state index contributed by atoms with van der Waals surface area (Å²) in [4.78, 5) is 2.20. The standard InChI is InChI=1S/C12H11BrOS/c13-8-10(14)12-7-6-11(15-12)9-4-2-1-3-5-9/h1-7,10,14H,8H2.